The zero-order chi connectivity index (χ0) is 12.1. The number of hydrogen-bond acceptors (Lipinski definition) is 4. The molecule has 1 aliphatic rings. The van der Waals surface area contributed by atoms with E-state index in [1.807, 2.05) is 0 Å². The van der Waals surface area contributed by atoms with Crippen LogP contribution in [0.4, 0.5) is 0 Å². The van der Waals surface area contributed by atoms with E-state index < -0.39 is 11.6 Å². The second-order valence-electron chi connectivity index (χ2n) is 3.91. The van der Waals surface area contributed by atoms with E-state index in [0.717, 1.165) is 25.7 Å². The Kier molecular flexibility index (Phi) is 5.47. The highest BCUT2D eigenvalue weighted by Crippen LogP contribution is 2.42. The second-order valence-corrected chi connectivity index (χ2v) is 4.29. The lowest BCUT2D eigenvalue weighted by atomic mass is 9.87. The first-order chi connectivity index (χ1) is 7.70. The highest BCUT2D eigenvalue weighted by molar-refractivity contribution is 6.17. The summed E-state index contributed by atoms with van der Waals surface area (Å²) >= 11 is 5.74. The Morgan fingerprint density at radius 3 is 2.38 bits per heavy atom. The van der Waals surface area contributed by atoms with Crippen LogP contribution >= 0.6 is 11.6 Å². The van der Waals surface area contributed by atoms with Crippen LogP contribution in [0.1, 0.15) is 25.7 Å². The monoisotopic (exact) mass is 252 g/mol. The quantitative estimate of drug-likeness (QED) is 0.536. The fraction of sp³-hybridized carbons (Fsp3) is 1.00. The molecule has 96 valence electrons. The van der Waals surface area contributed by atoms with Gasteiger partial charge in [-0.15, -0.1) is 11.6 Å². The fourth-order valence-corrected chi connectivity index (χ4v) is 2.52. The summed E-state index contributed by atoms with van der Waals surface area (Å²) in [5.41, 5.74) is -0.566. The van der Waals surface area contributed by atoms with E-state index in [1.165, 1.54) is 0 Å². The molecule has 0 aromatic rings. The highest BCUT2D eigenvalue weighted by atomic mass is 35.5. The average molecular weight is 253 g/mol. The van der Waals surface area contributed by atoms with Crippen LogP contribution in [0.15, 0.2) is 0 Å². The van der Waals surface area contributed by atoms with Gasteiger partial charge in [0, 0.05) is 27.2 Å². The minimum Gasteiger partial charge on any atom is -0.370 e. The number of hydrogen-bond donors (Lipinski definition) is 0. The lowest BCUT2D eigenvalue weighted by molar-refractivity contribution is -0.445. The Hall–Kier alpha value is 0.130. The third-order valence-electron chi connectivity index (χ3n) is 3.22. The predicted octanol–water partition coefficient (Wildman–Crippen LogP) is 2.15. The van der Waals surface area contributed by atoms with Gasteiger partial charge in [0.2, 0.25) is 0 Å². The number of rotatable bonds is 6. The number of ether oxygens (including phenoxy) is 4. The molecule has 0 spiro atoms. The van der Waals surface area contributed by atoms with Crippen LogP contribution in [0.5, 0.6) is 0 Å². The highest BCUT2D eigenvalue weighted by Gasteiger charge is 2.56. The summed E-state index contributed by atoms with van der Waals surface area (Å²) in [4.78, 5) is 0. The fourth-order valence-electron chi connectivity index (χ4n) is 2.38. The Morgan fingerprint density at radius 1 is 1.19 bits per heavy atom. The molecule has 16 heavy (non-hydrogen) atoms. The number of methoxy groups -OCH3 is 3. The first kappa shape index (κ1) is 14.2. The zero-order valence-corrected chi connectivity index (χ0v) is 11.0. The average Bonchev–Trinajstić information content (AvgIpc) is 2.36. The maximum absolute atomic E-state index is 5.74. The van der Waals surface area contributed by atoms with E-state index in [-0.39, 0.29) is 0 Å². The van der Waals surface area contributed by atoms with Gasteiger partial charge >= 0.3 is 5.97 Å². The van der Waals surface area contributed by atoms with Gasteiger partial charge in [0.25, 0.3) is 0 Å². The van der Waals surface area contributed by atoms with Crippen molar-refractivity contribution in [3.8, 4) is 0 Å². The third-order valence-corrected chi connectivity index (χ3v) is 3.48. The first-order valence-electron chi connectivity index (χ1n) is 5.55. The van der Waals surface area contributed by atoms with Crippen LogP contribution in [-0.2, 0) is 18.9 Å². The lowest BCUT2D eigenvalue weighted by Crippen LogP contribution is -2.62. The molecule has 1 heterocycles. The Bertz CT molecular complexity index is 208. The molecular weight excluding hydrogens is 232 g/mol. The molecule has 0 aromatic carbocycles. The molecule has 1 saturated heterocycles. The van der Waals surface area contributed by atoms with Gasteiger partial charge in [-0.3, -0.25) is 0 Å². The van der Waals surface area contributed by atoms with Crippen LogP contribution < -0.4 is 0 Å². The maximum atomic E-state index is 5.74. The topological polar surface area (TPSA) is 36.9 Å². The van der Waals surface area contributed by atoms with Crippen molar-refractivity contribution in [2.24, 2.45) is 0 Å². The SMILES string of the molecule is COC1(CCCCl)CCCOC1(OC)OC. The van der Waals surface area contributed by atoms with E-state index >= 15 is 0 Å². The molecule has 0 bridgehead atoms. The molecule has 0 aromatic heterocycles. The van der Waals surface area contributed by atoms with Crippen LogP contribution in [0.2, 0.25) is 0 Å². The van der Waals surface area contributed by atoms with Gasteiger partial charge in [-0.1, -0.05) is 0 Å². The summed E-state index contributed by atoms with van der Waals surface area (Å²) in [6.45, 7) is 0.619. The molecule has 5 heteroatoms. The van der Waals surface area contributed by atoms with E-state index in [2.05, 4.69) is 0 Å². The molecule has 0 saturated carbocycles. The van der Waals surface area contributed by atoms with Gasteiger partial charge in [-0.05, 0) is 25.7 Å². The molecule has 0 N–H and O–H groups in total. The van der Waals surface area contributed by atoms with E-state index in [9.17, 15) is 0 Å². The van der Waals surface area contributed by atoms with Crippen LogP contribution in [0, 0.1) is 0 Å². The smallest absolute Gasteiger partial charge is 0.313 e. The van der Waals surface area contributed by atoms with Crippen molar-refractivity contribution >= 4 is 11.6 Å². The van der Waals surface area contributed by atoms with E-state index in [0.29, 0.717) is 12.5 Å². The molecule has 0 amide bonds. The normalized spacial score (nSPS) is 29.2. The number of halogens is 1. The molecule has 4 nitrogen and oxygen atoms in total. The van der Waals surface area contributed by atoms with Crippen molar-refractivity contribution in [3.63, 3.8) is 0 Å². The standard InChI is InChI=1S/C11H21ClO4/c1-13-10(6-4-8-12)7-5-9-16-11(10,14-2)15-3/h4-9H2,1-3H3. The lowest BCUT2D eigenvalue weighted by Gasteiger charge is -2.49. The Morgan fingerprint density at radius 2 is 1.88 bits per heavy atom. The summed E-state index contributed by atoms with van der Waals surface area (Å²) in [7, 11) is 4.81. The minimum atomic E-state index is -1.11. The van der Waals surface area contributed by atoms with Gasteiger partial charge in [0.1, 0.15) is 5.60 Å². The molecular formula is C11H21ClO4. The van der Waals surface area contributed by atoms with Crippen molar-refractivity contribution in [1.29, 1.82) is 0 Å². The zero-order valence-electron chi connectivity index (χ0n) is 10.3. The van der Waals surface area contributed by atoms with Crippen molar-refractivity contribution in [2.45, 2.75) is 37.3 Å². The maximum Gasteiger partial charge on any atom is 0.313 e. The van der Waals surface area contributed by atoms with Gasteiger partial charge in [0.15, 0.2) is 0 Å². The molecule has 1 aliphatic heterocycles. The van der Waals surface area contributed by atoms with Crippen LogP contribution in [-0.4, -0.2) is 45.4 Å². The molecule has 0 radical (unpaired) electrons. The van der Waals surface area contributed by atoms with Crippen molar-refractivity contribution in [2.75, 3.05) is 33.8 Å². The molecule has 1 fully saturated rings. The number of alkyl halides is 1. The summed E-state index contributed by atoms with van der Waals surface area (Å²) in [5.74, 6) is -0.513. The summed E-state index contributed by atoms with van der Waals surface area (Å²) in [6.07, 6.45) is 3.38. The van der Waals surface area contributed by atoms with Crippen molar-refractivity contribution < 1.29 is 18.9 Å². The van der Waals surface area contributed by atoms with Gasteiger partial charge < -0.3 is 18.9 Å². The third kappa shape index (κ3) is 2.36. The van der Waals surface area contributed by atoms with E-state index in [4.69, 9.17) is 30.5 Å². The van der Waals surface area contributed by atoms with Crippen molar-refractivity contribution in [3.05, 3.63) is 0 Å². The predicted molar refractivity (Wildman–Crippen MR) is 61.6 cm³/mol. The molecule has 1 unspecified atom stereocenters. The minimum absolute atomic E-state index is 0.566. The first-order valence-corrected chi connectivity index (χ1v) is 6.09. The Labute approximate surface area is 102 Å². The molecule has 1 atom stereocenters. The summed E-state index contributed by atoms with van der Waals surface area (Å²) in [5, 5.41) is 0. The van der Waals surface area contributed by atoms with E-state index in [1.54, 1.807) is 21.3 Å². The second kappa shape index (κ2) is 6.17. The van der Waals surface area contributed by atoms with Crippen LogP contribution in [0.25, 0.3) is 0 Å². The summed E-state index contributed by atoms with van der Waals surface area (Å²) in [6, 6.07) is 0. The Balaban J connectivity index is 2.90. The largest absolute Gasteiger partial charge is 0.370 e. The van der Waals surface area contributed by atoms with Gasteiger partial charge in [0.05, 0.1) is 6.61 Å². The summed E-state index contributed by atoms with van der Waals surface area (Å²) < 4.78 is 22.1. The van der Waals surface area contributed by atoms with Crippen molar-refractivity contribution in [1.82, 2.24) is 0 Å². The van der Waals surface area contributed by atoms with Crippen LogP contribution in [0.3, 0.4) is 0 Å². The molecule has 1 rings (SSSR count). The van der Waals surface area contributed by atoms with Gasteiger partial charge in [-0.25, -0.2) is 0 Å². The molecule has 0 aliphatic carbocycles. The van der Waals surface area contributed by atoms with Gasteiger partial charge in [-0.2, -0.15) is 0 Å².